The van der Waals surface area contributed by atoms with Gasteiger partial charge in [-0.1, -0.05) is 58.0 Å². The highest BCUT2D eigenvalue weighted by atomic mass is 79.9. The zero-order valence-electron chi connectivity index (χ0n) is 15.1. The van der Waals surface area contributed by atoms with Gasteiger partial charge in [0.1, 0.15) is 0 Å². The van der Waals surface area contributed by atoms with E-state index in [1.165, 1.54) is 11.8 Å². The van der Waals surface area contributed by atoms with Crippen molar-refractivity contribution in [1.29, 1.82) is 0 Å². The number of allylic oxidation sites excluding steroid dienone is 1. The lowest BCUT2D eigenvalue weighted by Crippen LogP contribution is -2.20. The number of aromatic nitrogens is 3. The van der Waals surface area contributed by atoms with E-state index >= 15 is 0 Å². The van der Waals surface area contributed by atoms with Crippen LogP contribution in [-0.2, 0) is 11.3 Å². The number of nitrogens with zero attached hydrogens (tertiary/aromatic N) is 4. The number of thiophene rings is 1. The number of nitrogens with one attached hydrogen (secondary N) is 1. The lowest BCUT2D eigenvalue weighted by molar-refractivity contribution is -0.118. The largest absolute Gasteiger partial charge is 0.298 e. The SMILES string of the molecule is C=C(C)Cn1c(SCC(=O)NN=Cc2cccs2)nnc1-c1ccc(Br)cc1. The van der Waals surface area contributed by atoms with Gasteiger partial charge in [-0.15, -0.1) is 21.5 Å². The van der Waals surface area contributed by atoms with Crippen molar-refractivity contribution in [2.24, 2.45) is 5.10 Å². The summed E-state index contributed by atoms with van der Waals surface area (Å²) in [7, 11) is 0. The third-order valence-electron chi connectivity index (χ3n) is 3.50. The highest BCUT2D eigenvalue weighted by molar-refractivity contribution is 9.10. The Hall–Kier alpha value is -2.23. The maximum absolute atomic E-state index is 12.1. The Morgan fingerprint density at radius 2 is 2.14 bits per heavy atom. The highest BCUT2D eigenvalue weighted by Gasteiger charge is 2.15. The zero-order chi connectivity index (χ0) is 19.9. The molecule has 9 heteroatoms. The van der Waals surface area contributed by atoms with Gasteiger partial charge in [-0.25, -0.2) is 5.43 Å². The molecule has 0 bridgehead atoms. The molecule has 0 aliphatic rings. The van der Waals surface area contributed by atoms with Crippen molar-refractivity contribution in [3.63, 3.8) is 0 Å². The Balaban J connectivity index is 1.68. The van der Waals surface area contributed by atoms with Crippen molar-refractivity contribution in [2.75, 3.05) is 5.75 Å². The monoisotopic (exact) mass is 475 g/mol. The number of rotatable bonds is 8. The molecule has 3 aromatic rings. The van der Waals surface area contributed by atoms with Crippen LogP contribution in [0.15, 0.2) is 68.7 Å². The molecule has 0 unspecified atom stereocenters. The number of hydrogen-bond donors (Lipinski definition) is 1. The lowest BCUT2D eigenvalue weighted by Gasteiger charge is -2.10. The third kappa shape index (κ3) is 5.63. The van der Waals surface area contributed by atoms with Gasteiger partial charge >= 0.3 is 0 Å². The summed E-state index contributed by atoms with van der Waals surface area (Å²) in [5, 5.41) is 15.2. The first-order valence-electron chi connectivity index (χ1n) is 8.34. The topological polar surface area (TPSA) is 72.2 Å². The minimum atomic E-state index is -0.201. The van der Waals surface area contributed by atoms with Crippen molar-refractivity contribution in [1.82, 2.24) is 20.2 Å². The predicted octanol–water partition coefficient (Wildman–Crippen LogP) is 4.59. The molecule has 0 atom stereocenters. The quantitative estimate of drug-likeness (QED) is 0.224. The van der Waals surface area contributed by atoms with Gasteiger partial charge in [0, 0.05) is 21.5 Å². The number of amides is 1. The molecule has 1 aromatic carbocycles. The van der Waals surface area contributed by atoms with Crippen LogP contribution in [0.3, 0.4) is 0 Å². The fourth-order valence-electron chi connectivity index (χ4n) is 2.32. The summed E-state index contributed by atoms with van der Waals surface area (Å²) in [6.07, 6.45) is 1.63. The van der Waals surface area contributed by atoms with E-state index in [9.17, 15) is 4.79 Å². The van der Waals surface area contributed by atoms with E-state index in [1.54, 1.807) is 17.6 Å². The summed E-state index contributed by atoms with van der Waals surface area (Å²) in [4.78, 5) is 13.1. The van der Waals surface area contributed by atoms with Crippen molar-refractivity contribution < 1.29 is 4.79 Å². The van der Waals surface area contributed by atoms with Crippen LogP contribution in [-0.4, -0.2) is 32.6 Å². The van der Waals surface area contributed by atoms with Crippen molar-refractivity contribution >= 4 is 51.2 Å². The number of hydrazone groups is 1. The Kier molecular flexibility index (Phi) is 7.18. The molecular weight excluding hydrogens is 458 g/mol. The Bertz CT molecular complexity index is 980. The molecule has 144 valence electrons. The molecular formula is C19H18BrN5OS2. The molecule has 1 amide bonds. The molecule has 0 saturated heterocycles. The summed E-state index contributed by atoms with van der Waals surface area (Å²) >= 11 is 6.31. The van der Waals surface area contributed by atoms with Gasteiger partial charge in [-0.05, 0) is 30.5 Å². The standard InChI is InChI=1S/C19H18BrN5OS2/c1-13(2)11-25-18(14-5-7-15(20)8-6-14)23-24-19(25)28-12-17(26)22-21-10-16-4-3-9-27-16/h3-10H,1,11-12H2,2H3,(H,22,26). The van der Waals surface area contributed by atoms with Crippen LogP contribution in [0.4, 0.5) is 0 Å². The first-order valence-corrected chi connectivity index (χ1v) is 11.0. The second kappa shape index (κ2) is 9.81. The maximum Gasteiger partial charge on any atom is 0.250 e. The second-order valence-electron chi connectivity index (χ2n) is 5.95. The number of hydrogen-bond acceptors (Lipinski definition) is 6. The molecule has 0 saturated carbocycles. The van der Waals surface area contributed by atoms with Crippen LogP contribution in [0.2, 0.25) is 0 Å². The van der Waals surface area contributed by atoms with E-state index in [1.807, 2.05) is 53.3 Å². The average Bonchev–Trinajstić information content (AvgIpc) is 3.31. The Morgan fingerprint density at radius 1 is 1.36 bits per heavy atom. The molecule has 6 nitrogen and oxygen atoms in total. The summed E-state index contributed by atoms with van der Waals surface area (Å²) in [5.41, 5.74) is 4.46. The molecule has 0 radical (unpaired) electrons. The fraction of sp³-hybridized carbons (Fsp3) is 0.158. The van der Waals surface area contributed by atoms with Gasteiger partial charge in [0.25, 0.3) is 5.91 Å². The number of halogens is 1. The van der Waals surface area contributed by atoms with Crippen LogP contribution < -0.4 is 5.43 Å². The van der Waals surface area contributed by atoms with Crippen LogP contribution in [0.5, 0.6) is 0 Å². The number of carbonyl (C=O) groups excluding carboxylic acids is 1. The van der Waals surface area contributed by atoms with Gasteiger partial charge in [0.2, 0.25) is 0 Å². The summed E-state index contributed by atoms with van der Waals surface area (Å²) < 4.78 is 2.97. The highest BCUT2D eigenvalue weighted by Crippen LogP contribution is 2.26. The van der Waals surface area contributed by atoms with E-state index < -0.39 is 0 Å². The summed E-state index contributed by atoms with van der Waals surface area (Å²) in [6, 6.07) is 11.7. The molecule has 2 aromatic heterocycles. The zero-order valence-corrected chi connectivity index (χ0v) is 18.4. The molecule has 0 spiro atoms. The molecule has 28 heavy (non-hydrogen) atoms. The van der Waals surface area contributed by atoms with Crippen molar-refractivity contribution in [2.45, 2.75) is 18.6 Å². The first-order chi connectivity index (χ1) is 13.5. The molecule has 0 fully saturated rings. The van der Waals surface area contributed by atoms with Gasteiger partial charge in [-0.2, -0.15) is 5.10 Å². The van der Waals surface area contributed by atoms with E-state index in [2.05, 4.69) is 43.2 Å². The molecule has 2 heterocycles. The van der Waals surface area contributed by atoms with E-state index in [0.29, 0.717) is 11.7 Å². The van der Waals surface area contributed by atoms with Crippen LogP contribution in [0, 0.1) is 0 Å². The van der Waals surface area contributed by atoms with E-state index in [0.717, 1.165) is 26.3 Å². The summed E-state index contributed by atoms with van der Waals surface area (Å²) in [5.74, 6) is 0.734. The van der Waals surface area contributed by atoms with Crippen LogP contribution in [0.25, 0.3) is 11.4 Å². The van der Waals surface area contributed by atoms with E-state index in [-0.39, 0.29) is 11.7 Å². The average molecular weight is 476 g/mol. The minimum absolute atomic E-state index is 0.191. The Morgan fingerprint density at radius 3 is 2.82 bits per heavy atom. The number of benzene rings is 1. The van der Waals surface area contributed by atoms with Gasteiger partial charge in [0.05, 0.1) is 12.0 Å². The lowest BCUT2D eigenvalue weighted by atomic mass is 10.2. The maximum atomic E-state index is 12.1. The van der Waals surface area contributed by atoms with Crippen molar-refractivity contribution in [3.8, 4) is 11.4 Å². The molecule has 3 rings (SSSR count). The normalized spacial score (nSPS) is 11.1. The number of carbonyl (C=O) groups is 1. The van der Waals surface area contributed by atoms with Gasteiger partial charge in [0.15, 0.2) is 11.0 Å². The summed E-state index contributed by atoms with van der Waals surface area (Å²) in [6.45, 7) is 6.52. The fourth-order valence-corrected chi connectivity index (χ4v) is 3.89. The third-order valence-corrected chi connectivity index (χ3v) is 5.81. The predicted molar refractivity (Wildman–Crippen MR) is 119 cm³/mol. The van der Waals surface area contributed by atoms with Crippen molar-refractivity contribution in [3.05, 3.63) is 63.3 Å². The van der Waals surface area contributed by atoms with Gasteiger partial charge < -0.3 is 0 Å². The second-order valence-corrected chi connectivity index (χ2v) is 8.79. The number of thioether (sulfide) groups is 1. The van der Waals surface area contributed by atoms with Gasteiger partial charge in [-0.3, -0.25) is 9.36 Å². The Labute approximate surface area is 179 Å². The molecule has 0 aliphatic carbocycles. The van der Waals surface area contributed by atoms with E-state index in [4.69, 9.17) is 0 Å². The van der Waals surface area contributed by atoms with Crippen LogP contribution >= 0.6 is 39.0 Å². The molecule has 1 N–H and O–H groups in total. The first kappa shape index (κ1) is 20.5. The minimum Gasteiger partial charge on any atom is -0.298 e. The van der Waals surface area contributed by atoms with Crippen LogP contribution in [0.1, 0.15) is 11.8 Å². The smallest absolute Gasteiger partial charge is 0.250 e. The molecule has 0 aliphatic heterocycles.